The molecule has 0 radical (unpaired) electrons. The summed E-state index contributed by atoms with van der Waals surface area (Å²) >= 11 is 3.48. The minimum Gasteiger partial charge on any atom is -0.349 e. The number of hydrogen-bond donors (Lipinski definition) is 1. The lowest BCUT2D eigenvalue weighted by Gasteiger charge is -2.32. The highest BCUT2D eigenvalue weighted by Crippen LogP contribution is 2.28. The van der Waals surface area contributed by atoms with Crippen molar-refractivity contribution in [2.24, 2.45) is 11.8 Å². The number of benzene rings is 1. The average molecular weight is 324 g/mol. The first-order valence-corrected chi connectivity index (χ1v) is 7.82. The number of carbonyl (C=O) groups is 1. The van der Waals surface area contributed by atoms with E-state index in [1.807, 2.05) is 25.1 Å². The second-order valence-electron chi connectivity index (χ2n) is 6.05. The summed E-state index contributed by atoms with van der Waals surface area (Å²) in [6, 6.07) is 6.10. The van der Waals surface area contributed by atoms with E-state index in [0.717, 1.165) is 28.4 Å². The van der Waals surface area contributed by atoms with E-state index < -0.39 is 0 Å². The van der Waals surface area contributed by atoms with Crippen molar-refractivity contribution < 1.29 is 4.79 Å². The van der Waals surface area contributed by atoms with Gasteiger partial charge >= 0.3 is 0 Å². The third-order valence-corrected chi connectivity index (χ3v) is 4.80. The van der Waals surface area contributed by atoms with Crippen molar-refractivity contribution in [2.75, 3.05) is 0 Å². The molecular weight excluding hydrogens is 302 g/mol. The summed E-state index contributed by atoms with van der Waals surface area (Å²) in [6.07, 6.45) is 3.48. The van der Waals surface area contributed by atoms with E-state index in [2.05, 4.69) is 35.1 Å². The number of hydrogen-bond acceptors (Lipinski definition) is 1. The number of nitrogens with one attached hydrogen (secondary N) is 1. The van der Waals surface area contributed by atoms with Crippen LogP contribution in [-0.4, -0.2) is 11.9 Å². The van der Waals surface area contributed by atoms with Crippen LogP contribution in [0.3, 0.4) is 0 Å². The third kappa shape index (κ3) is 3.82. The van der Waals surface area contributed by atoms with E-state index in [9.17, 15) is 4.79 Å². The van der Waals surface area contributed by atoms with Crippen LogP contribution in [-0.2, 0) is 0 Å². The third-order valence-electron chi connectivity index (χ3n) is 3.95. The molecule has 0 bridgehead atoms. The van der Waals surface area contributed by atoms with Crippen LogP contribution in [0.25, 0.3) is 0 Å². The highest BCUT2D eigenvalue weighted by Gasteiger charge is 2.25. The molecule has 0 spiro atoms. The lowest BCUT2D eigenvalue weighted by atomic mass is 9.80. The van der Waals surface area contributed by atoms with Crippen LogP contribution in [0, 0.1) is 18.8 Å². The molecule has 1 aliphatic rings. The van der Waals surface area contributed by atoms with Crippen LogP contribution in [0.2, 0.25) is 0 Å². The molecule has 2 atom stereocenters. The Kier molecular flexibility index (Phi) is 4.67. The largest absolute Gasteiger partial charge is 0.349 e. The number of amides is 1. The van der Waals surface area contributed by atoms with Gasteiger partial charge in [0.2, 0.25) is 0 Å². The molecule has 1 amide bonds. The number of halogens is 1. The second-order valence-corrected chi connectivity index (χ2v) is 6.91. The molecule has 1 N–H and O–H groups in total. The smallest absolute Gasteiger partial charge is 0.251 e. The van der Waals surface area contributed by atoms with Gasteiger partial charge in [-0.05, 0) is 55.7 Å². The Hall–Kier alpha value is -0.830. The van der Waals surface area contributed by atoms with E-state index in [4.69, 9.17) is 0 Å². The molecule has 1 aromatic rings. The van der Waals surface area contributed by atoms with Crippen molar-refractivity contribution in [3.8, 4) is 0 Å². The minimum atomic E-state index is 0.0481. The monoisotopic (exact) mass is 323 g/mol. The molecule has 2 nitrogen and oxygen atoms in total. The van der Waals surface area contributed by atoms with Gasteiger partial charge in [-0.1, -0.05) is 35.8 Å². The van der Waals surface area contributed by atoms with E-state index >= 15 is 0 Å². The van der Waals surface area contributed by atoms with Gasteiger partial charge in [-0.15, -0.1) is 0 Å². The van der Waals surface area contributed by atoms with Crippen LogP contribution in [0.5, 0.6) is 0 Å². The van der Waals surface area contributed by atoms with Crippen LogP contribution in [0.4, 0.5) is 0 Å². The van der Waals surface area contributed by atoms with E-state index in [0.29, 0.717) is 17.9 Å². The maximum absolute atomic E-state index is 12.3. The summed E-state index contributed by atoms with van der Waals surface area (Å²) in [5.74, 6) is 1.46. The quantitative estimate of drug-likeness (QED) is 0.863. The molecule has 3 heteroatoms. The SMILES string of the molecule is Cc1ccc(C(=O)NC2CC(C)CC(C)C2)cc1Br. The zero-order valence-electron chi connectivity index (χ0n) is 11.9. The number of rotatable bonds is 2. The van der Waals surface area contributed by atoms with E-state index in [1.54, 1.807) is 0 Å². The van der Waals surface area contributed by atoms with Gasteiger partial charge in [-0.3, -0.25) is 4.79 Å². The molecule has 1 aromatic carbocycles. The Morgan fingerprint density at radius 2 is 1.84 bits per heavy atom. The molecule has 1 fully saturated rings. The fraction of sp³-hybridized carbons (Fsp3) is 0.562. The normalized spacial score (nSPS) is 27.1. The summed E-state index contributed by atoms with van der Waals surface area (Å²) in [5, 5.41) is 3.18. The van der Waals surface area contributed by atoms with Gasteiger partial charge in [-0.25, -0.2) is 0 Å². The first-order chi connectivity index (χ1) is 8.95. The Morgan fingerprint density at radius 3 is 2.42 bits per heavy atom. The summed E-state index contributed by atoms with van der Waals surface area (Å²) in [7, 11) is 0. The fourth-order valence-electron chi connectivity index (χ4n) is 3.07. The summed E-state index contributed by atoms with van der Waals surface area (Å²) in [6.45, 7) is 6.57. The first-order valence-electron chi connectivity index (χ1n) is 7.02. The summed E-state index contributed by atoms with van der Waals surface area (Å²) in [5.41, 5.74) is 1.89. The second kappa shape index (κ2) is 6.08. The molecule has 1 saturated carbocycles. The number of aryl methyl sites for hydroxylation is 1. The molecule has 1 aliphatic carbocycles. The molecular formula is C16H22BrNO. The van der Waals surface area contributed by atoms with Crippen molar-refractivity contribution in [1.29, 1.82) is 0 Å². The highest BCUT2D eigenvalue weighted by atomic mass is 79.9. The molecule has 0 aromatic heterocycles. The molecule has 2 rings (SSSR count). The molecule has 0 heterocycles. The lowest BCUT2D eigenvalue weighted by Crippen LogP contribution is -2.40. The maximum atomic E-state index is 12.3. The topological polar surface area (TPSA) is 29.1 Å². The minimum absolute atomic E-state index is 0.0481. The van der Waals surface area contributed by atoms with Gasteiger partial charge in [0, 0.05) is 16.1 Å². The van der Waals surface area contributed by atoms with Gasteiger partial charge in [-0.2, -0.15) is 0 Å². The van der Waals surface area contributed by atoms with Crippen molar-refractivity contribution >= 4 is 21.8 Å². The van der Waals surface area contributed by atoms with Gasteiger partial charge in [0.05, 0.1) is 0 Å². The first kappa shape index (κ1) is 14.6. The van der Waals surface area contributed by atoms with Crippen LogP contribution >= 0.6 is 15.9 Å². The Morgan fingerprint density at radius 1 is 1.21 bits per heavy atom. The van der Waals surface area contributed by atoms with E-state index in [1.165, 1.54) is 6.42 Å². The molecule has 2 unspecified atom stereocenters. The predicted molar refractivity (Wildman–Crippen MR) is 82.3 cm³/mol. The van der Waals surface area contributed by atoms with Gasteiger partial charge in [0.15, 0.2) is 0 Å². The Labute approximate surface area is 124 Å². The van der Waals surface area contributed by atoms with Crippen molar-refractivity contribution in [2.45, 2.75) is 46.1 Å². The van der Waals surface area contributed by atoms with Gasteiger partial charge in [0.25, 0.3) is 5.91 Å². The predicted octanol–water partition coefficient (Wildman–Crippen LogP) is 4.31. The van der Waals surface area contributed by atoms with Crippen LogP contribution in [0.1, 0.15) is 49.0 Å². The van der Waals surface area contributed by atoms with Gasteiger partial charge < -0.3 is 5.32 Å². The molecule has 0 saturated heterocycles. The summed E-state index contributed by atoms with van der Waals surface area (Å²) < 4.78 is 0.991. The lowest BCUT2D eigenvalue weighted by molar-refractivity contribution is 0.0911. The van der Waals surface area contributed by atoms with Gasteiger partial charge in [0.1, 0.15) is 0 Å². The average Bonchev–Trinajstić information content (AvgIpc) is 2.31. The van der Waals surface area contributed by atoms with E-state index in [-0.39, 0.29) is 5.91 Å². The fourth-order valence-corrected chi connectivity index (χ4v) is 3.45. The number of carbonyl (C=O) groups excluding carboxylic acids is 1. The van der Waals surface area contributed by atoms with Crippen molar-refractivity contribution in [3.05, 3.63) is 33.8 Å². The van der Waals surface area contributed by atoms with Crippen LogP contribution < -0.4 is 5.32 Å². The van der Waals surface area contributed by atoms with Crippen molar-refractivity contribution in [3.63, 3.8) is 0 Å². The zero-order valence-corrected chi connectivity index (χ0v) is 13.5. The Balaban J connectivity index is 2.02. The summed E-state index contributed by atoms with van der Waals surface area (Å²) in [4.78, 5) is 12.3. The molecule has 0 aliphatic heterocycles. The van der Waals surface area contributed by atoms with Crippen molar-refractivity contribution in [1.82, 2.24) is 5.32 Å². The Bertz CT molecular complexity index is 462. The highest BCUT2D eigenvalue weighted by molar-refractivity contribution is 9.10. The molecule has 104 valence electrons. The standard InChI is InChI=1S/C16H22BrNO/c1-10-6-11(2)8-14(7-10)18-16(19)13-5-4-12(3)15(17)9-13/h4-5,9-11,14H,6-8H2,1-3H3,(H,18,19). The van der Waals surface area contributed by atoms with Crippen LogP contribution in [0.15, 0.2) is 22.7 Å². The zero-order chi connectivity index (χ0) is 14.0. The molecule has 19 heavy (non-hydrogen) atoms. The maximum Gasteiger partial charge on any atom is 0.251 e.